The minimum Gasteiger partial charge on any atom is -0.396 e. The van der Waals surface area contributed by atoms with E-state index in [0.29, 0.717) is 12.5 Å². The van der Waals surface area contributed by atoms with Crippen molar-refractivity contribution in [3.8, 4) is 0 Å². The monoisotopic (exact) mass is 502 g/mol. The van der Waals surface area contributed by atoms with Crippen molar-refractivity contribution in [3.05, 3.63) is 108 Å². The van der Waals surface area contributed by atoms with Crippen LogP contribution in [-0.4, -0.2) is 36.3 Å². The predicted molar refractivity (Wildman–Crippen MR) is 148 cm³/mol. The van der Waals surface area contributed by atoms with Crippen molar-refractivity contribution >= 4 is 0 Å². The molecular formula is C33H42O4. The summed E-state index contributed by atoms with van der Waals surface area (Å²) in [5.74, 6) is -0.110. The average molecular weight is 503 g/mol. The van der Waals surface area contributed by atoms with Gasteiger partial charge < -0.3 is 19.3 Å². The van der Waals surface area contributed by atoms with Gasteiger partial charge in [0.05, 0.1) is 18.8 Å². The fraction of sp³-hybridized carbons (Fsp3) is 0.455. The second kappa shape index (κ2) is 12.4. The molecule has 1 N–H and O–H groups in total. The van der Waals surface area contributed by atoms with Crippen molar-refractivity contribution in [2.75, 3.05) is 13.2 Å². The summed E-state index contributed by atoms with van der Waals surface area (Å²) in [6, 6.07) is 31.5. The van der Waals surface area contributed by atoms with E-state index in [-0.39, 0.29) is 24.7 Å². The fourth-order valence-electron chi connectivity index (χ4n) is 5.78. The molecule has 0 spiro atoms. The number of hydrogen-bond acceptors (Lipinski definition) is 4. The van der Waals surface area contributed by atoms with Gasteiger partial charge in [-0.2, -0.15) is 0 Å². The highest BCUT2D eigenvalue weighted by Gasteiger charge is 2.43. The Bertz CT molecular complexity index is 971. The van der Waals surface area contributed by atoms with Gasteiger partial charge in [0, 0.05) is 12.5 Å². The molecule has 0 unspecified atom stereocenters. The predicted octanol–water partition coefficient (Wildman–Crippen LogP) is 6.95. The van der Waals surface area contributed by atoms with Crippen LogP contribution in [0.4, 0.5) is 0 Å². The minimum atomic E-state index is -0.735. The molecule has 37 heavy (non-hydrogen) atoms. The second-order valence-corrected chi connectivity index (χ2v) is 10.8. The van der Waals surface area contributed by atoms with Crippen LogP contribution in [0.1, 0.15) is 63.6 Å². The summed E-state index contributed by atoms with van der Waals surface area (Å²) in [6.07, 6.45) is 2.55. The number of benzene rings is 3. The molecule has 1 aliphatic heterocycles. The van der Waals surface area contributed by atoms with Gasteiger partial charge in [0.25, 0.3) is 0 Å². The smallest absolute Gasteiger partial charge is 0.163 e. The van der Waals surface area contributed by atoms with E-state index in [0.717, 1.165) is 36.0 Å². The lowest BCUT2D eigenvalue weighted by Gasteiger charge is -2.47. The van der Waals surface area contributed by atoms with Crippen LogP contribution in [0.2, 0.25) is 0 Å². The van der Waals surface area contributed by atoms with Crippen LogP contribution in [0.5, 0.6) is 0 Å². The standard InChI is InChI=1S/C33H42O4/c1-25(15-14-23-34)31-26(2)30(36-32(3,4)37-31)22-24-35-33(27-16-8-5-9-17-27,28-18-10-6-11-19-28)29-20-12-7-13-21-29/h5-13,16-21,25-26,30-31,34H,14-15,22-24H2,1-4H3/t25-,26-,30+,31+/m1/s1. The molecular weight excluding hydrogens is 460 g/mol. The van der Waals surface area contributed by atoms with Gasteiger partial charge >= 0.3 is 0 Å². The van der Waals surface area contributed by atoms with Gasteiger partial charge in [0.1, 0.15) is 5.60 Å². The van der Waals surface area contributed by atoms with E-state index in [1.165, 1.54) is 0 Å². The Morgan fingerprint density at radius 1 is 0.838 bits per heavy atom. The summed E-state index contributed by atoms with van der Waals surface area (Å²) < 4.78 is 19.9. The number of aliphatic hydroxyl groups is 1. The van der Waals surface area contributed by atoms with E-state index in [9.17, 15) is 5.11 Å². The first-order chi connectivity index (χ1) is 17.9. The SMILES string of the molecule is C[C@H]1[C@H]([C@H](C)CCCO)OC(C)(C)O[C@H]1CCOC(c1ccccc1)(c1ccccc1)c1ccccc1. The fourth-order valence-corrected chi connectivity index (χ4v) is 5.78. The summed E-state index contributed by atoms with van der Waals surface area (Å²) in [5, 5.41) is 9.33. The maximum atomic E-state index is 9.33. The van der Waals surface area contributed by atoms with Gasteiger partial charge in [-0.1, -0.05) is 105 Å². The number of aliphatic hydroxyl groups excluding tert-OH is 1. The Hall–Kier alpha value is -2.50. The van der Waals surface area contributed by atoms with E-state index in [1.54, 1.807) is 0 Å². The zero-order valence-electron chi connectivity index (χ0n) is 22.7. The quantitative estimate of drug-likeness (QED) is 0.288. The third-order valence-electron chi connectivity index (χ3n) is 7.60. The molecule has 1 fully saturated rings. The maximum Gasteiger partial charge on any atom is 0.163 e. The average Bonchev–Trinajstić information content (AvgIpc) is 2.93. The van der Waals surface area contributed by atoms with Gasteiger partial charge in [0.2, 0.25) is 0 Å². The maximum absolute atomic E-state index is 9.33. The number of rotatable bonds is 11. The lowest BCUT2D eigenvalue weighted by molar-refractivity contribution is -0.329. The minimum absolute atomic E-state index is 0.00495. The van der Waals surface area contributed by atoms with Crippen LogP contribution >= 0.6 is 0 Å². The number of ether oxygens (including phenoxy) is 3. The molecule has 0 aliphatic carbocycles. The normalized spacial score (nSPS) is 22.5. The lowest BCUT2D eigenvalue weighted by atomic mass is 9.80. The zero-order chi connectivity index (χ0) is 26.3. The van der Waals surface area contributed by atoms with Gasteiger partial charge in [-0.15, -0.1) is 0 Å². The Morgan fingerprint density at radius 2 is 1.32 bits per heavy atom. The summed E-state index contributed by atoms with van der Waals surface area (Å²) in [7, 11) is 0. The molecule has 1 saturated heterocycles. The molecule has 0 amide bonds. The van der Waals surface area contributed by atoms with E-state index in [2.05, 4.69) is 86.6 Å². The zero-order valence-corrected chi connectivity index (χ0v) is 22.7. The molecule has 3 aromatic carbocycles. The van der Waals surface area contributed by atoms with E-state index in [1.807, 2.05) is 32.0 Å². The van der Waals surface area contributed by atoms with Crippen molar-refractivity contribution in [2.45, 2.75) is 70.6 Å². The highest BCUT2D eigenvalue weighted by Crippen LogP contribution is 2.42. The molecule has 0 radical (unpaired) electrons. The molecule has 3 aromatic rings. The van der Waals surface area contributed by atoms with Crippen LogP contribution in [0.3, 0.4) is 0 Å². The van der Waals surface area contributed by atoms with Crippen molar-refractivity contribution < 1.29 is 19.3 Å². The topological polar surface area (TPSA) is 47.9 Å². The highest BCUT2D eigenvalue weighted by atomic mass is 16.7. The first-order valence-electron chi connectivity index (χ1n) is 13.6. The molecule has 0 aromatic heterocycles. The van der Waals surface area contributed by atoms with E-state index < -0.39 is 11.4 Å². The number of hydrogen-bond donors (Lipinski definition) is 1. The van der Waals surface area contributed by atoms with Gasteiger partial charge in [0.15, 0.2) is 5.79 Å². The van der Waals surface area contributed by atoms with Crippen molar-refractivity contribution in [3.63, 3.8) is 0 Å². The highest BCUT2D eigenvalue weighted by molar-refractivity contribution is 5.47. The van der Waals surface area contributed by atoms with E-state index >= 15 is 0 Å². The molecule has 1 heterocycles. The van der Waals surface area contributed by atoms with Crippen LogP contribution in [0.15, 0.2) is 91.0 Å². The summed E-state index contributed by atoms with van der Waals surface area (Å²) >= 11 is 0. The Labute approximate surface area is 222 Å². The molecule has 4 heteroatoms. The van der Waals surface area contributed by atoms with Crippen molar-refractivity contribution in [2.24, 2.45) is 11.8 Å². The third kappa shape index (κ3) is 6.32. The molecule has 198 valence electrons. The van der Waals surface area contributed by atoms with Gasteiger partial charge in [-0.25, -0.2) is 0 Å². The molecule has 0 saturated carbocycles. The van der Waals surface area contributed by atoms with Gasteiger partial charge in [-0.05, 0) is 55.7 Å². The Morgan fingerprint density at radius 3 is 1.78 bits per heavy atom. The largest absolute Gasteiger partial charge is 0.396 e. The first-order valence-corrected chi connectivity index (χ1v) is 13.6. The van der Waals surface area contributed by atoms with Crippen molar-refractivity contribution in [1.82, 2.24) is 0 Å². The van der Waals surface area contributed by atoms with E-state index in [4.69, 9.17) is 14.2 Å². The Balaban J connectivity index is 1.62. The molecule has 1 aliphatic rings. The van der Waals surface area contributed by atoms with Crippen LogP contribution < -0.4 is 0 Å². The lowest BCUT2D eigenvalue weighted by Crippen LogP contribution is -2.52. The van der Waals surface area contributed by atoms with Crippen molar-refractivity contribution in [1.29, 1.82) is 0 Å². The third-order valence-corrected chi connectivity index (χ3v) is 7.60. The summed E-state index contributed by atoms with van der Waals surface area (Å²) in [6.45, 7) is 9.18. The van der Waals surface area contributed by atoms with Crippen LogP contribution in [-0.2, 0) is 19.8 Å². The molecule has 4 nitrogen and oxygen atoms in total. The van der Waals surface area contributed by atoms with Crippen LogP contribution in [0.25, 0.3) is 0 Å². The molecule has 4 rings (SSSR count). The molecule has 0 bridgehead atoms. The molecule has 4 atom stereocenters. The summed E-state index contributed by atoms with van der Waals surface area (Å²) in [4.78, 5) is 0. The first kappa shape index (κ1) is 27.5. The van der Waals surface area contributed by atoms with Gasteiger partial charge in [-0.3, -0.25) is 0 Å². The van der Waals surface area contributed by atoms with Crippen LogP contribution in [0, 0.1) is 11.8 Å². The Kier molecular flexibility index (Phi) is 9.20. The summed E-state index contributed by atoms with van der Waals surface area (Å²) in [5.41, 5.74) is 2.57. The second-order valence-electron chi connectivity index (χ2n) is 10.8.